The van der Waals surface area contributed by atoms with E-state index in [1.807, 2.05) is 0 Å². The number of likely N-dealkylation sites (tertiary alicyclic amines) is 1. The zero-order chi connectivity index (χ0) is 29.8. The third kappa shape index (κ3) is 8.26. The number of nitrogens with zero attached hydrogens (tertiary/aromatic N) is 2. The Morgan fingerprint density at radius 3 is 1.71 bits per heavy atom. The number of hydrogen-bond donors (Lipinski definition) is 1. The second kappa shape index (κ2) is 12.2. The Morgan fingerprint density at radius 1 is 0.805 bits per heavy atom. The third-order valence-electron chi connectivity index (χ3n) is 6.30. The van der Waals surface area contributed by atoms with Gasteiger partial charge in [-0.1, -0.05) is 29.4 Å². The summed E-state index contributed by atoms with van der Waals surface area (Å²) in [6, 6.07) is 12.0. The first kappa shape index (κ1) is 30.0. The summed E-state index contributed by atoms with van der Waals surface area (Å²) in [6.45, 7) is 0.382. The molecule has 0 radical (unpaired) electrons. The van der Waals surface area contributed by atoms with Gasteiger partial charge in [-0.2, -0.15) is 26.3 Å². The van der Waals surface area contributed by atoms with Crippen LogP contribution in [0.25, 0.3) is 0 Å². The van der Waals surface area contributed by atoms with Gasteiger partial charge in [-0.25, -0.2) is 8.78 Å². The summed E-state index contributed by atoms with van der Waals surface area (Å²) >= 11 is 0. The average Bonchev–Trinajstić information content (AvgIpc) is 2.90. The van der Waals surface area contributed by atoms with Gasteiger partial charge in [0.1, 0.15) is 11.6 Å². The summed E-state index contributed by atoms with van der Waals surface area (Å²) in [5.74, 6) is -1.66. The fraction of sp³-hybridized carbons (Fsp3) is 0.286. The normalized spacial score (nSPS) is 14.7. The standard InChI is InChI=1S/C28H23F8N3O2/c29-21-5-1-17(2-6-21)26(18-3-7-22(30)8-4-18)41-38-23-9-11-39(12-10-23)16-25(40)37-24-14-19(27(31,32)33)13-20(15-24)28(34,35)36/h1-8,13-15,26H,9-12,16H2,(H,37,40). The SMILES string of the molecule is O=C(CN1CCC(=NOC(c2ccc(F)cc2)c2ccc(F)cc2)CC1)Nc1cc(C(F)(F)F)cc(C(F)(F)F)c1. The topological polar surface area (TPSA) is 53.9 Å². The Morgan fingerprint density at radius 2 is 1.27 bits per heavy atom. The van der Waals surface area contributed by atoms with Gasteiger partial charge < -0.3 is 10.2 Å². The lowest BCUT2D eigenvalue weighted by atomic mass is 10.0. The van der Waals surface area contributed by atoms with Crippen LogP contribution in [0.2, 0.25) is 0 Å². The highest BCUT2D eigenvalue weighted by atomic mass is 19.4. The van der Waals surface area contributed by atoms with Crippen molar-refractivity contribution in [2.75, 3.05) is 25.0 Å². The molecule has 1 heterocycles. The molecular weight excluding hydrogens is 562 g/mol. The van der Waals surface area contributed by atoms with E-state index in [1.54, 1.807) is 4.90 Å². The monoisotopic (exact) mass is 585 g/mol. The van der Waals surface area contributed by atoms with E-state index in [4.69, 9.17) is 4.84 Å². The van der Waals surface area contributed by atoms with Crippen LogP contribution in [0.3, 0.4) is 0 Å². The van der Waals surface area contributed by atoms with E-state index >= 15 is 0 Å². The molecule has 0 spiro atoms. The van der Waals surface area contributed by atoms with Crippen LogP contribution in [0.15, 0.2) is 71.9 Å². The smallest absolute Gasteiger partial charge is 0.383 e. The Labute approximate surface area is 229 Å². The molecule has 0 bridgehead atoms. The highest BCUT2D eigenvalue weighted by Crippen LogP contribution is 2.37. The summed E-state index contributed by atoms with van der Waals surface area (Å²) in [5.41, 5.74) is -1.86. The quantitative estimate of drug-likeness (QED) is 0.236. The van der Waals surface area contributed by atoms with Crippen molar-refractivity contribution < 1.29 is 44.8 Å². The Balaban J connectivity index is 1.37. The molecule has 3 aromatic rings. The molecule has 0 aromatic heterocycles. The first-order valence-corrected chi connectivity index (χ1v) is 12.3. The van der Waals surface area contributed by atoms with E-state index in [0.29, 0.717) is 54.9 Å². The number of rotatable bonds is 7. The molecule has 5 nitrogen and oxygen atoms in total. The number of halogens is 8. The van der Waals surface area contributed by atoms with Crippen LogP contribution in [0.1, 0.15) is 41.2 Å². The third-order valence-corrected chi connectivity index (χ3v) is 6.30. The summed E-state index contributed by atoms with van der Waals surface area (Å²) in [7, 11) is 0. The van der Waals surface area contributed by atoms with Gasteiger partial charge in [0, 0.05) is 31.6 Å². The molecule has 1 amide bonds. The van der Waals surface area contributed by atoms with Gasteiger partial charge in [0.05, 0.1) is 23.4 Å². The van der Waals surface area contributed by atoms with Crippen molar-refractivity contribution in [3.8, 4) is 0 Å². The number of nitrogens with one attached hydrogen (secondary N) is 1. The highest BCUT2D eigenvalue weighted by molar-refractivity contribution is 5.93. The van der Waals surface area contributed by atoms with Crippen molar-refractivity contribution in [2.45, 2.75) is 31.3 Å². The summed E-state index contributed by atoms with van der Waals surface area (Å²) in [6.07, 6.45) is -10.1. The van der Waals surface area contributed by atoms with Gasteiger partial charge in [-0.3, -0.25) is 9.69 Å². The number of alkyl halides is 6. The predicted molar refractivity (Wildman–Crippen MR) is 134 cm³/mol. The lowest BCUT2D eigenvalue weighted by Crippen LogP contribution is -2.39. The first-order chi connectivity index (χ1) is 19.3. The minimum atomic E-state index is -5.03. The van der Waals surface area contributed by atoms with Gasteiger partial charge in [0.2, 0.25) is 5.91 Å². The molecule has 0 atom stereocenters. The van der Waals surface area contributed by atoms with Gasteiger partial charge in [0.15, 0.2) is 6.10 Å². The van der Waals surface area contributed by atoms with Crippen LogP contribution < -0.4 is 5.32 Å². The van der Waals surface area contributed by atoms with Crippen LogP contribution in [-0.2, 0) is 22.0 Å². The minimum Gasteiger partial charge on any atom is -0.383 e. The van der Waals surface area contributed by atoms with Crippen molar-refractivity contribution in [2.24, 2.45) is 5.16 Å². The Kier molecular flexibility index (Phi) is 8.95. The second-order valence-corrected chi connectivity index (χ2v) is 9.36. The predicted octanol–water partition coefficient (Wildman–Crippen LogP) is 7.20. The van der Waals surface area contributed by atoms with Crippen molar-refractivity contribution in [1.82, 2.24) is 4.90 Å². The number of hydrogen-bond acceptors (Lipinski definition) is 4. The van der Waals surface area contributed by atoms with Crippen LogP contribution >= 0.6 is 0 Å². The second-order valence-electron chi connectivity index (χ2n) is 9.36. The molecule has 1 saturated heterocycles. The lowest BCUT2D eigenvalue weighted by Gasteiger charge is -2.27. The van der Waals surface area contributed by atoms with Gasteiger partial charge >= 0.3 is 12.4 Å². The molecule has 1 fully saturated rings. The van der Waals surface area contributed by atoms with Crippen molar-refractivity contribution >= 4 is 17.3 Å². The fourth-order valence-corrected chi connectivity index (χ4v) is 4.21. The first-order valence-electron chi connectivity index (χ1n) is 12.3. The van der Waals surface area contributed by atoms with Crippen LogP contribution in [-0.4, -0.2) is 36.2 Å². The average molecular weight is 585 g/mol. The van der Waals surface area contributed by atoms with Crippen LogP contribution in [0.5, 0.6) is 0 Å². The zero-order valence-corrected chi connectivity index (χ0v) is 21.2. The number of anilines is 1. The largest absolute Gasteiger partial charge is 0.416 e. The summed E-state index contributed by atoms with van der Waals surface area (Å²) < 4.78 is 105. The Hall–Kier alpha value is -4.00. The molecule has 1 N–H and O–H groups in total. The van der Waals surface area contributed by atoms with E-state index in [-0.39, 0.29) is 12.6 Å². The molecule has 41 heavy (non-hydrogen) atoms. The van der Waals surface area contributed by atoms with Crippen molar-refractivity contribution in [3.63, 3.8) is 0 Å². The molecule has 218 valence electrons. The number of carbonyl (C=O) groups excluding carboxylic acids is 1. The lowest BCUT2D eigenvalue weighted by molar-refractivity contribution is -0.143. The number of benzene rings is 3. The zero-order valence-electron chi connectivity index (χ0n) is 21.2. The van der Waals surface area contributed by atoms with Crippen molar-refractivity contribution in [1.29, 1.82) is 0 Å². The highest BCUT2D eigenvalue weighted by Gasteiger charge is 2.37. The number of piperidine rings is 1. The Bertz CT molecular complexity index is 1300. The summed E-state index contributed by atoms with van der Waals surface area (Å²) in [4.78, 5) is 19.9. The van der Waals surface area contributed by atoms with Crippen LogP contribution in [0.4, 0.5) is 40.8 Å². The summed E-state index contributed by atoms with van der Waals surface area (Å²) in [5, 5.41) is 6.34. The van der Waals surface area contributed by atoms with E-state index < -0.39 is 52.8 Å². The molecule has 0 saturated carbocycles. The molecule has 1 aliphatic heterocycles. The molecule has 1 aliphatic rings. The maximum Gasteiger partial charge on any atom is 0.416 e. The maximum absolute atomic E-state index is 13.4. The number of oxime groups is 1. The fourth-order valence-electron chi connectivity index (χ4n) is 4.21. The van der Waals surface area contributed by atoms with E-state index in [1.165, 1.54) is 48.5 Å². The van der Waals surface area contributed by atoms with E-state index in [9.17, 15) is 39.9 Å². The molecule has 0 aliphatic carbocycles. The number of carbonyl (C=O) groups is 1. The molecule has 4 rings (SSSR count). The van der Waals surface area contributed by atoms with Crippen molar-refractivity contribution in [3.05, 3.63) is 101 Å². The molecular formula is C28H23F8N3O2. The molecule has 13 heteroatoms. The molecule has 0 unspecified atom stereocenters. The van der Waals surface area contributed by atoms with Gasteiger partial charge in [-0.05, 0) is 53.6 Å². The van der Waals surface area contributed by atoms with Gasteiger partial charge in [-0.15, -0.1) is 0 Å². The molecule has 3 aromatic carbocycles. The van der Waals surface area contributed by atoms with Gasteiger partial charge in [0.25, 0.3) is 0 Å². The van der Waals surface area contributed by atoms with E-state index in [0.717, 1.165) is 0 Å². The maximum atomic E-state index is 13.4. The van der Waals surface area contributed by atoms with Crippen LogP contribution in [0, 0.1) is 11.6 Å². The minimum absolute atomic E-state index is 0.0139. The van der Waals surface area contributed by atoms with E-state index in [2.05, 4.69) is 10.5 Å². The number of amides is 1.